The SMILES string of the molecule is CCOC(=O)C1CNCC1(CC)c1ccc(F)cn1. The Kier molecular flexibility index (Phi) is 4.14. The summed E-state index contributed by atoms with van der Waals surface area (Å²) in [4.78, 5) is 16.3. The van der Waals surface area contributed by atoms with Crippen LogP contribution in [-0.2, 0) is 14.9 Å². The lowest BCUT2D eigenvalue weighted by Crippen LogP contribution is -2.40. The number of hydrogen-bond donors (Lipinski definition) is 1. The molecule has 2 rings (SSSR count). The predicted molar refractivity (Wildman–Crippen MR) is 69.2 cm³/mol. The van der Waals surface area contributed by atoms with E-state index in [1.165, 1.54) is 12.3 Å². The maximum Gasteiger partial charge on any atom is 0.311 e. The van der Waals surface area contributed by atoms with Gasteiger partial charge in [0.05, 0.1) is 18.7 Å². The molecule has 0 saturated carbocycles. The smallest absolute Gasteiger partial charge is 0.311 e. The van der Waals surface area contributed by atoms with Crippen LogP contribution in [0.4, 0.5) is 4.39 Å². The number of hydrogen-bond acceptors (Lipinski definition) is 4. The Morgan fingerprint density at radius 3 is 2.95 bits per heavy atom. The number of pyridine rings is 1. The molecule has 0 aromatic carbocycles. The van der Waals surface area contributed by atoms with E-state index in [-0.39, 0.29) is 17.7 Å². The molecule has 1 saturated heterocycles. The molecule has 1 aliphatic heterocycles. The summed E-state index contributed by atoms with van der Waals surface area (Å²) in [6.45, 7) is 5.41. The molecule has 0 amide bonds. The summed E-state index contributed by atoms with van der Waals surface area (Å²) in [7, 11) is 0. The maximum absolute atomic E-state index is 13.0. The van der Waals surface area contributed by atoms with Gasteiger partial charge in [-0.05, 0) is 25.5 Å². The second-order valence-corrected chi connectivity index (χ2v) is 4.81. The Bertz CT molecular complexity index is 449. The van der Waals surface area contributed by atoms with Crippen LogP contribution >= 0.6 is 0 Å². The number of halogens is 1. The molecule has 0 bridgehead atoms. The number of nitrogens with one attached hydrogen (secondary N) is 1. The molecule has 5 heteroatoms. The second kappa shape index (κ2) is 5.65. The summed E-state index contributed by atoms with van der Waals surface area (Å²) < 4.78 is 18.2. The first kappa shape index (κ1) is 13.9. The van der Waals surface area contributed by atoms with Crippen LogP contribution < -0.4 is 5.32 Å². The quantitative estimate of drug-likeness (QED) is 0.842. The van der Waals surface area contributed by atoms with Gasteiger partial charge in [0.15, 0.2) is 0 Å². The maximum atomic E-state index is 13.0. The van der Waals surface area contributed by atoms with Crippen molar-refractivity contribution in [2.75, 3.05) is 19.7 Å². The van der Waals surface area contributed by atoms with E-state index < -0.39 is 5.41 Å². The van der Waals surface area contributed by atoms with Gasteiger partial charge in [0, 0.05) is 24.2 Å². The van der Waals surface area contributed by atoms with Crippen LogP contribution in [0.5, 0.6) is 0 Å². The molecule has 0 aliphatic carbocycles. The largest absolute Gasteiger partial charge is 0.466 e. The predicted octanol–water partition coefficient (Wildman–Crippen LogP) is 1.65. The van der Waals surface area contributed by atoms with Gasteiger partial charge in [0.1, 0.15) is 5.82 Å². The van der Waals surface area contributed by atoms with Crippen LogP contribution in [0, 0.1) is 11.7 Å². The minimum Gasteiger partial charge on any atom is -0.466 e. The molecule has 19 heavy (non-hydrogen) atoms. The average molecular weight is 266 g/mol. The summed E-state index contributed by atoms with van der Waals surface area (Å²) in [5.41, 5.74) is 0.347. The Labute approximate surface area is 112 Å². The Morgan fingerprint density at radius 1 is 1.58 bits per heavy atom. The average Bonchev–Trinajstić information content (AvgIpc) is 2.85. The number of carbonyl (C=O) groups excluding carboxylic acids is 1. The minimum atomic E-state index is -0.403. The fraction of sp³-hybridized carbons (Fsp3) is 0.571. The van der Waals surface area contributed by atoms with Crippen LogP contribution in [0.2, 0.25) is 0 Å². The first-order chi connectivity index (χ1) is 9.14. The third-order valence-electron chi connectivity index (χ3n) is 3.90. The first-order valence-corrected chi connectivity index (χ1v) is 6.63. The Hall–Kier alpha value is -1.49. The summed E-state index contributed by atoms with van der Waals surface area (Å²) in [6.07, 6.45) is 1.95. The van der Waals surface area contributed by atoms with Crippen LogP contribution in [-0.4, -0.2) is 30.6 Å². The van der Waals surface area contributed by atoms with Gasteiger partial charge in [0.25, 0.3) is 0 Å². The zero-order chi connectivity index (χ0) is 13.9. The lowest BCUT2D eigenvalue weighted by Gasteiger charge is -2.31. The lowest BCUT2D eigenvalue weighted by molar-refractivity contribution is -0.149. The van der Waals surface area contributed by atoms with Gasteiger partial charge < -0.3 is 10.1 Å². The van der Waals surface area contributed by atoms with Crippen molar-refractivity contribution in [2.24, 2.45) is 5.92 Å². The van der Waals surface area contributed by atoms with E-state index >= 15 is 0 Å². The van der Waals surface area contributed by atoms with E-state index in [4.69, 9.17) is 4.74 Å². The van der Waals surface area contributed by atoms with Crippen LogP contribution in [0.1, 0.15) is 26.0 Å². The zero-order valence-electron chi connectivity index (χ0n) is 11.3. The highest BCUT2D eigenvalue weighted by Crippen LogP contribution is 2.38. The van der Waals surface area contributed by atoms with Gasteiger partial charge in [0.2, 0.25) is 0 Å². The van der Waals surface area contributed by atoms with Gasteiger partial charge in [-0.15, -0.1) is 0 Å². The minimum absolute atomic E-state index is 0.208. The van der Waals surface area contributed by atoms with Crippen molar-refractivity contribution < 1.29 is 13.9 Å². The van der Waals surface area contributed by atoms with E-state index in [2.05, 4.69) is 10.3 Å². The highest BCUT2D eigenvalue weighted by molar-refractivity contribution is 5.75. The van der Waals surface area contributed by atoms with Crippen molar-refractivity contribution in [1.82, 2.24) is 10.3 Å². The van der Waals surface area contributed by atoms with E-state index in [1.54, 1.807) is 13.0 Å². The normalized spacial score (nSPS) is 26.4. The van der Waals surface area contributed by atoms with E-state index in [0.717, 1.165) is 12.1 Å². The van der Waals surface area contributed by atoms with Gasteiger partial charge in [-0.3, -0.25) is 9.78 Å². The van der Waals surface area contributed by atoms with Crippen molar-refractivity contribution in [1.29, 1.82) is 0 Å². The monoisotopic (exact) mass is 266 g/mol. The Balaban J connectivity index is 2.34. The van der Waals surface area contributed by atoms with Gasteiger partial charge in [-0.2, -0.15) is 0 Å². The van der Waals surface area contributed by atoms with Crippen molar-refractivity contribution in [3.63, 3.8) is 0 Å². The highest BCUT2D eigenvalue weighted by Gasteiger charge is 2.48. The molecule has 2 atom stereocenters. The van der Waals surface area contributed by atoms with Crippen molar-refractivity contribution in [3.05, 3.63) is 29.8 Å². The van der Waals surface area contributed by atoms with Crippen LogP contribution in [0.25, 0.3) is 0 Å². The van der Waals surface area contributed by atoms with Gasteiger partial charge in [-0.1, -0.05) is 6.92 Å². The fourth-order valence-electron chi connectivity index (χ4n) is 2.80. The second-order valence-electron chi connectivity index (χ2n) is 4.81. The molecule has 2 heterocycles. The molecule has 0 spiro atoms. The number of ether oxygens (including phenoxy) is 1. The molecule has 1 aromatic heterocycles. The van der Waals surface area contributed by atoms with Crippen molar-refractivity contribution in [3.8, 4) is 0 Å². The standard InChI is InChI=1S/C14H19FN2O2/c1-3-14(12-6-5-10(15)7-17-12)9-16-8-11(14)13(18)19-4-2/h5-7,11,16H,3-4,8-9H2,1-2H3. The molecule has 1 N–H and O–H groups in total. The highest BCUT2D eigenvalue weighted by atomic mass is 19.1. The molecular weight excluding hydrogens is 247 g/mol. The number of rotatable bonds is 4. The molecule has 4 nitrogen and oxygen atoms in total. The lowest BCUT2D eigenvalue weighted by atomic mass is 9.73. The molecule has 1 aromatic rings. The van der Waals surface area contributed by atoms with Crippen LogP contribution in [0.15, 0.2) is 18.3 Å². The van der Waals surface area contributed by atoms with Crippen molar-refractivity contribution in [2.45, 2.75) is 25.7 Å². The first-order valence-electron chi connectivity index (χ1n) is 6.63. The zero-order valence-corrected chi connectivity index (χ0v) is 11.3. The molecule has 0 radical (unpaired) electrons. The molecule has 1 fully saturated rings. The van der Waals surface area contributed by atoms with Crippen LogP contribution in [0.3, 0.4) is 0 Å². The molecule has 2 unspecified atom stereocenters. The molecule has 1 aliphatic rings. The third-order valence-corrected chi connectivity index (χ3v) is 3.90. The van der Waals surface area contributed by atoms with Gasteiger partial charge in [-0.25, -0.2) is 4.39 Å². The third kappa shape index (κ3) is 2.47. The van der Waals surface area contributed by atoms with E-state index in [9.17, 15) is 9.18 Å². The summed E-state index contributed by atoms with van der Waals surface area (Å²) in [5, 5.41) is 3.23. The molecular formula is C14H19FN2O2. The van der Waals surface area contributed by atoms with Gasteiger partial charge >= 0.3 is 5.97 Å². The molecule has 104 valence electrons. The summed E-state index contributed by atoms with van der Waals surface area (Å²) >= 11 is 0. The van der Waals surface area contributed by atoms with Crippen molar-refractivity contribution >= 4 is 5.97 Å². The van der Waals surface area contributed by atoms with E-state index in [1.807, 2.05) is 6.92 Å². The number of nitrogens with zero attached hydrogens (tertiary/aromatic N) is 1. The topological polar surface area (TPSA) is 51.2 Å². The summed E-state index contributed by atoms with van der Waals surface area (Å²) in [5.74, 6) is -0.843. The number of esters is 1. The number of carbonyl (C=O) groups is 1. The Morgan fingerprint density at radius 2 is 2.37 bits per heavy atom. The summed E-state index contributed by atoms with van der Waals surface area (Å²) in [6, 6.07) is 3.05. The fourth-order valence-corrected chi connectivity index (χ4v) is 2.80. The van der Waals surface area contributed by atoms with E-state index in [0.29, 0.717) is 19.7 Å². The number of aromatic nitrogens is 1.